The summed E-state index contributed by atoms with van der Waals surface area (Å²) < 4.78 is 0. The average Bonchev–Trinajstić information content (AvgIpc) is 2.77. The van der Waals surface area contributed by atoms with Crippen molar-refractivity contribution in [3.8, 4) is 0 Å². The molecule has 0 aliphatic carbocycles. The van der Waals surface area contributed by atoms with Crippen molar-refractivity contribution in [2.24, 2.45) is 11.7 Å². The highest BCUT2D eigenvalue weighted by Gasteiger charge is 2.15. The van der Waals surface area contributed by atoms with Crippen molar-refractivity contribution >= 4 is 17.2 Å². The summed E-state index contributed by atoms with van der Waals surface area (Å²) in [5.74, 6) is 0.518. The number of carbonyl (C=O) groups is 1. The van der Waals surface area contributed by atoms with Gasteiger partial charge in [0.1, 0.15) is 10.7 Å². The number of nitrogens with two attached hydrogens (primary N) is 1. The Morgan fingerprint density at radius 2 is 2.17 bits per heavy atom. The maximum Gasteiger partial charge on any atom is 0.270 e. The molecule has 5 heteroatoms. The number of carbonyl (C=O) groups excluding carboxylic acids is 1. The molecule has 0 aliphatic heterocycles. The molecule has 0 fully saturated rings. The number of thiazole rings is 1. The number of rotatable bonds is 6. The molecule has 18 heavy (non-hydrogen) atoms. The van der Waals surface area contributed by atoms with E-state index in [4.69, 9.17) is 5.73 Å². The van der Waals surface area contributed by atoms with E-state index < -0.39 is 0 Å². The van der Waals surface area contributed by atoms with E-state index in [2.05, 4.69) is 24.1 Å². The van der Waals surface area contributed by atoms with E-state index in [9.17, 15) is 4.79 Å². The van der Waals surface area contributed by atoms with Gasteiger partial charge in [0.2, 0.25) is 0 Å². The molecule has 0 saturated carbocycles. The van der Waals surface area contributed by atoms with Gasteiger partial charge >= 0.3 is 0 Å². The number of amides is 1. The quantitative estimate of drug-likeness (QED) is 0.834. The summed E-state index contributed by atoms with van der Waals surface area (Å²) in [5.41, 5.74) is 6.20. The summed E-state index contributed by atoms with van der Waals surface area (Å²) in [6.07, 6.45) is 2.12. The Morgan fingerprint density at radius 1 is 1.50 bits per heavy atom. The van der Waals surface area contributed by atoms with Gasteiger partial charge in [-0.2, -0.15) is 0 Å². The standard InChI is InChI=1S/C13H23N3OS/c1-5-8(2)6-9(3)15-12(17)11-7-18-13(16-11)10(4)14/h7-10H,5-6,14H2,1-4H3,(H,15,17). The van der Waals surface area contributed by atoms with E-state index in [0.717, 1.165) is 17.8 Å². The van der Waals surface area contributed by atoms with Crippen molar-refractivity contribution in [2.45, 2.75) is 52.6 Å². The van der Waals surface area contributed by atoms with Gasteiger partial charge in [-0.25, -0.2) is 4.98 Å². The van der Waals surface area contributed by atoms with Crippen LogP contribution in [0.25, 0.3) is 0 Å². The molecule has 3 N–H and O–H groups in total. The van der Waals surface area contributed by atoms with Crippen molar-refractivity contribution < 1.29 is 4.79 Å². The number of nitrogens with zero attached hydrogens (tertiary/aromatic N) is 1. The van der Waals surface area contributed by atoms with Crippen LogP contribution in [-0.4, -0.2) is 16.9 Å². The molecule has 0 aromatic carbocycles. The Kier molecular flexibility index (Phi) is 5.75. The lowest BCUT2D eigenvalue weighted by atomic mass is 10.0. The minimum atomic E-state index is -0.117. The van der Waals surface area contributed by atoms with E-state index in [1.165, 1.54) is 11.3 Å². The molecule has 3 atom stereocenters. The van der Waals surface area contributed by atoms with Crippen molar-refractivity contribution in [1.29, 1.82) is 0 Å². The molecule has 0 spiro atoms. The summed E-state index contributed by atoms with van der Waals surface area (Å²) in [7, 11) is 0. The van der Waals surface area contributed by atoms with Crippen LogP contribution in [0.3, 0.4) is 0 Å². The first-order valence-electron chi connectivity index (χ1n) is 6.45. The zero-order valence-electron chi connectivity index (χ0n) is 11.6. The van der Waals surface area contributed by atoms with E-state index in [-0.39, 0.29) is 18.0 Å². The molecule has 1 amide bonds. The highest BCUT2D eigenvalue weighted by molar-refractivity contribution is 7.09. The van der Waals surface area contributed by atoms with Crippen molar-refractivity contribution in [2.75, 3.05) is 0 Å². The van der Waals surface area contributed by atoms with Crippen LogP contribution in [0.1, 0.15) is 62.1 Å². The molecule has 1 aromatic heterocycles. The molecule has 0 saturated heterocycles. The molecule has 3 unspecified atom stereocenters. The molecular weight excluding hydrogens is 246 g/mol. The molecular formula is C13H23N3OS. The number of hydrogen-bond acceptors (Lipinski definition) is 4. The molecule has 0 radical (unpaired) electrons. The highest BCUT2D eigenvalue weighted by atomic mass is 32.1. The van der Waals surface area contributed by atoms with Crippen LogP contribution in [0.15, 0.2) is 5.38 Å². The number of aromatic nitrogens is 1. The zero-order chi connectivity index (χ0) is 13.7. The minimum absolute atomic E-state index is 0.103. The second-order valence-corrected chi connectivity index (χ2v) is 5.87. The Hall–Kier alpha value is -0.940. The smallest absolute Gasteiger partial charge is 0.270 e. The molecule has 102 valence electrons. The van der Waals surface area contributed by atoms with Crippen molar-refractivity contribution in [3.63, 3.8) is 0 Å². The third-order valence-corrected chi connectivity index (χ3v) is 4.02. The molecule has 1 rings (SSSR count). The lowest BCUT2D eigenvalue weighted by Gasteiger charge is -2.16. The Bertz CT molecular complexity index is 389. The van der Waals surface area contributed by atoms with Crippen LogP contribution in [0.2, 0.25) is 0 Å². The van der Waals surface area contributed by atoms with Crippen LogP contribution in [0.4, 0.5) is 0 Å². The third kappa shape index (κ3) is 4.38. The molecule has 0 bridgehead atoms. The lowest BCUT2D eigenvalue weighted by molar-refractivity contribution is 0.0931. The first kappa shape index (κ1) is 15.1. The number of hydrogen-bond donors (Lipinski definition) is 2. The van der Waals surface area contributed by atoms with Crippen molar-refractivity contribution in [3.05, 3.63) is 16.1 Å². The van der Waals surface area contributed by atoms with Crippen LogP contribution in [-0.2, 0) is 0 Å². The van der Waals surface area contributed by atoms with E-state index in [0.29, 0.717) is 11.6 Å². The fraction of sp³-hybridized carbons (Fsp3) is 0.692. The van der Waals surface area contributed by atoms with Gasteiger partial charge in [0, 0.05) is 11.4 Å². The van der Waals surface area contributed by atoms with Gasteiger partial charge in [0.05, 0.1) is 6.04 Å². The van der Waals surface area contributed by atoms with Gasteiger partial charge in [0.15, 0.2) is 0 Å². The van der Waals surface area contributed by atoms with Crippen LogP contribution < -0.4 is 11.1 Å². The Balaban J connectivity index is 2.54. The average molecular weight is 269 g/mol. The van der Waals surface area contributed by atoms with Crippen LogP contribution in [0.5, 0.6) is 0 Å². The molecule has 1 aromatic rings. The predicted octanol–water partition coefficient (Wildman–Crippen LogP) is 2.72. The van der Waals surface area contributed by atoms with Crippen LogP contribution in [0, 0.1) is 5.92 Å². The van der Waals surface area contributed by atoms with E-state index >= 15 is 0 Å². The van der Waals surface area contributed by atoms with Crippen molar-refractivity contribution in [1.82, 2.24) is 10.3 Å². The highest BCUT2D eigenvalue weighted by Crippen LogP contribution is 2.16. The normalized spacial score (nSPS) is 16.1. The fourth-order valence-electron chi connectivity index (χ4n) is 1.73. The fourth-order valence-corrected chi connectivity index (χ4v) is 2.49. The topological polar surface area (TPSA) is 68.0 Å². The first-order valence-corrected chi connectivity index (χ1v) is 7.33. The van der Waals surface area contributed by atoms with E-state index in [1.807, 2.05) is 13.8 Å². The summed E-state index contributed by atoms with van der Waals surface area (Å²) in [6.45, 7) is 8.25. The van der Waals surface area contributed by atoms with Gasteiger partial charge in [-0.15, -0.1) is 11.3 Å². The maximum atomic E-state index is 12.0. The summed E-state index contributed by atoms with van der Waals surface area (Å²) in [5, 5.41) is 5.55. The second-order valence-electron chi connectivity index (χ2n) is 4.98. The maximum absolute atomic E-state index is 12.0. The molecule has 1 heterocycles. The second kappa shape index (κ2) is 6.85. The minimum Gasteiger partial charge on any atom is -0.348 e. The molecule has 4 nitrogen and oxygen atoms in total. The van der Waals surface area contributed by atoms with Gasteiger partial charge in [-0.05, 0) is 26.2 Å². The third-order valence-electron chi connectivity index (χ3n) is 2.97. The van der Waals surface area contributed by atoms with Crippen LogP contribution >= 0.6 is 11.3 Å². The lowest BCUT2D eigenvalue weighted by Crippen LogP contribution is -2.34. The van der Waals surface area contributed by atoms with Gasteiger partial charge in [-0.3, -0.25) is 4.79 Å². The predicted molar refractivity (Wildman–Crippen MR) is 75.7 cm³/mol. The van der Waals surface area contributed by atoms with Gasteiger partial charge in [0.25, 0.3) is 5.91 Å². The molecule has 0 aliphatic rings. The summed E-state index contributed by atoms with van der Waals surface area (Å²) >= 11 is 1.43. The van der Waals surface area contributed by atoms with E-state index in [1.54, 1.807) is 5.38 Å². The largest absolute Gasteiger partial charge is 0.348 e. The SMILES string of the molecule is CCC(C)CC(C)NC(=O)c1csc(C(C)N)n1. The summed E-state index contributed by atoms with van der Waals surface area (Å²) in [6, 6.07) is 0.0574. The summed E-state index contributed by atoms with van der Waals surface area (Å²) in [4.78, 5) is 16.2. The number of nitrogens with one attached hydrogen (secondary N) is 1. The monoisotopic (exact) mass is 269 g/mol. The first-order chi connectivity index (χ1) is 8.43. The van der Waals surface area contributed by atoms with Gasteiger partial charge in [-0.1, -0.05) is 20.3 Å². The Morgan fingerprint density at radius 3 is 2.67 bits per heavy atom. The van der Waals surface area contributed by atoms with Gasteiger partial charge < -0.3 is 11.1 Å². The Labute approximate surface area is 113 Å². The zero-order valence-corrected chi connectivity index (χ0v) is 12.4.